The lowest BCUT2D eigenvalue weighted by Gasteiger charge is -2.38. The molecule has 6 unspecified atom stereocenters. The number of nitrogens with zero attached hydrogens (tertiary/aromatic N) is 1. The number of ether oxygens (including phenoxy) is 1. The first kappa shape index (κ1) is 21.8. The Hall–Kier alpha value is -0.380. The summed E-state index contributed by atoms with van der Waals surface area (Å²) in [6.45, 7) is 3.23. The Bertz CT molecular complexity index is 563. The number of carbonyl (C=O) groups excluding carboxylic acids is 1. The first-order valence-corrected chi connectivity index (χ1v) is 12.4. The summed E-state index contributed by atoms with van der Waals surface area (Å²) in [7, 11) is 3.94. The molecular formula is C21H39N5O2S. The number of nitrogens with one attached hydrogen (secondary N) is 4. The van der Waals surface area contributed by atoms with E-state index in [9.17, 15) is 4.79 Å². The van der Waals surface area contributed by atoms with Crippen molar-refractivity contribution in [3.63, 3.8) is 0 Å². The number of carbonyl (C=O) groups is 1. The monoisotopic (exact) mass is 425 g/mol. The van der Waals surface area contributed by atoms with Crippen molar-refractivity contribution in [3.05, 3.63) is 0 Å². The second kappa shape index (κ2) is 9.83. The number of piperidine rings is 1. The van der Waals surface area contributed by atoms with Gasteiger partial charge in [-0.2, -0.15) is 0 Å². The zero-order valence-corrected chi connectivity index (χ0v) is 19.0. The van der Waals surface area contributed by atoms with Crippen molar-refractivity contribution >= 4 is 17.7 Å². The summed E-state index contributed by atoms with van der Waals surface area (Å²) in [6, 6.07) is 0.615. The Morgan fingerprint density at radius 1 is 1.21 bits per heavy atom. The van der Waals surface area contributed by atoms with Crippen LogP contribution in [-0.2, 0) is 9.53 Å². The first-order valence-electron chi connectivity index (χ1n) is 11.5. The predicted octanol–water partition coefficient (Wildman–Crippen LogP) is 1.61. The second-order valence-electron chi connectivity index (χ2n) is 9.50. The smallest absolute Gasteiger partial charge is 0.237 e. The topological polar surface area (TPSA) is 77.7 Å². The quantitative estimate of drug-likeness (QED) is 0.494. The molecule has 29 heavy (non-hydrogen) atoms. The summed E-state index contributed by atoms with van der Waals surface area (Å²) < 4.78 is 5.68. The van der Waals surface area contributed by atoms with Gasteiger partial charge < -0.3 is 15.4 Å². The van der Waals surface area contributed by atoms with Crippen LogP contribution in [0.5, 0.6) is 0 Å². The van der Waals surface area contributed by atoms with Crippen LogP contribution < -0.4 is 21.5 Å². The molecule has 0 aromatic carbocycles. The Morgan fingerprint density at radius 2 is 2.03 bits per heavy atom. The van der Waals surface area contributed by atoms with Crippen LogP contribution in [0.25, 0.3) is 0 Å². The van der Waals surface area contributed by atoms with E-state index < -0.39 is 0 Å². The molecule has 4 fully saturated rings. The van der Waals surface area contributed by atoms with E-state index in [2.05, 4.69) is 40.4 Å². The van der Waals surface area contributed by atoms with Gasteiger partial charge in [0.1, 0.15) is 5.50 Å². The lowest BCUT2D eigenvalue weighted by atomic mass is 9.83. The number of amides is 1. The van der Waals surface area contributed by atoms with E-state index in [4.69, 9.17) is 4.74 Å². The number of methoxy groups -OCH3 is 1. The van der Waals surface area contributed by atoms with Crippen LogP contribution in [0.2, 0.25) is 0 Å². The van der Waals surface area contributed by atoms with Crippen molar-refractivity contribution in [2.75, 3.05) is 20.8 Å². The Kier molecular flexibility index (Phi) is 7.40. The standard InChI is InChI=1S/C21H39N5O2S/c1-13(29-21-25-22-12-26(21)2)15-5-4-6-16(11-15)23-20(27)17-9-10-18(28-3)19(24-17)14-7-8-14/h13-19,21-22,24-25H,4-12H2,1-3H3,(H,23,27)/t13-,15?,16?,17?,18?,19?,21?/m0/s1. The third-order valence-corrected chi connectivity index (χ3v) is 8.86. The first-order chi connectivity index (χ1) is 14.0. The van der Waals surface area contributed by atoms with Crippen LogP contribution in [0.3, 0.4) is 0 Å². The van der Waals surface area contributed by atoms with E-state index >= 15 is 0 Å². The zero-order chi connectivity index (χ0) is 20.4. The molecule has 8 heteroatoms. The normalized spacial score (nSPS) is 40.0. The molecule has 4 rings (SSSR count). The van der Waals surface area contributed by atoms with Crippen LogP contribution in [0.1, 0.15) is 58.3 Å². The van der Waals surface area contributed by atoms with Gasteiger partial charge in [0.2, 0.25) is 5.91 Å². The SMILES string of the molecule is COC1CCC(C(=O)NC2CCCC([C@H](C)SC3NNCN3C)C2)NC1C1CC1. The Labute approximate surface area is 179 Å². The second-order valence-corrected chi connectivity index (χ2v) is 11.0. The van der Waals surface area contributed by atoms with Gasteiger partial charge >= 0.3 is 0 Å². The van der Waals surface area contributed by atoms with E-state index in [0.29, 0.717) is 34.7 Å². The Morgan fingerprint density at radius 3 is 2.72 bits per heavy atom. The van der Waals surface area contributed by atoms with Gasteiger partial charge in [0, 0.05) is 24.4 Å². The fourth-order valence-corrected chi connectivity index (χ4v) is 6.60. The highest BCUT2D eigenvalue weighted by Crippen LogP contribution is 2.38. The Balaban J connectivity index is 1.26. The van der Waals surface area contributed by atoms with Crippen molar-refractivity contribution in [1.82, 2.24) is 26.4 Å². The van der Waals surface area contributed by atoms with Gasteiger partial charge in [0.15, 0.2) is 0 Å². The van der Waals surface area contributed by atoms with Crippen LogP contribution in [0.4, 0.5) is 0 Å². The molecule has 0 aromatic rings. The van der Waals surface area contributed by atoms with E-state index in [1.54, 1.807) is 7.11 Å². The summed E-state index contributed by atoms with van der Waals surface area (Å²) in [5, 5.41) is 7.60. The molecule has 2 saturated carbocycles. The molecule has 4 aliphatic rings. The number of hydrogen-bond acceptors (Lipinski definition) is 7. The molecule has 0 radical (unpaired) electrons. The minimum Gasteiger partial charge on any atom is -0.380 e. The molecule has 0 spiro atoms. The van der Waals surface area contributed by atoms with E-state index in [0.717, 1.165) is 32.4 Å². The molecule has 1 amide bonds. The van der Waals surface area contributed by atoms with Crippen LogP contribution in [-0.4, -0.2) is 66.6 Å². The van der Waals surface area contributed by atoms with Crippen molar-refractivity contribution in [2.45, 2.75) is 93.3 Å². The van der Waals surface area contributed by atoms with Gasteiger partial charge in [-0.25, -0.2) is 10.9 Å². The van der Waals surface area contributed by atoms with Crippen molar-refractivity contribution in [1.29, 1.82) is 0 Å². The van der Waals surface area contributed by atoms with Gasteiger partial charge in [-0.05, 0) is 63.8 Å². The van der Waals surface area contributed by atoms with Crippen LogP contribution >= 0.6 is 11.8 Å². The van der Waals surface area contributed by atoms with Crippen LogP contribution in [0, 0.1) is 11.8 Å². The minimum atomic E-state index is -0.0541. The van der Waals surface area contributed by atoms with Crippen molar-refractivity contribution in [3.8, 4) is 0 Å². The lowest BCUT2D eigenvalue weighted by Crippen LogP contribution is -2.58. The number of hydrogen-bond donors (Lipinski definition) is 4. The summed E-state index contributed by atoms with van der Waals surface area (Å²) >= 11 is 2.00. The predicted molar refractivity (Wildman–Crippen MR) is 117 cm³/mol. The highest BCUT2D eigenvalue weighted by atomic mass is 32.2. The maximum atomic E-state index is 13.0. The van der Waals surface area contributed by atoms with Crippen LogP contribution in [0.15, 0.2) is 0 Å². The molecule has 0 aromatic heterocycles. The molecule has 2 aliphatic carbocycles. The maximum Gasteiger partial charge on any atom is 0.237 e. The summed E-state index contributed by atoms with van der Waals surface area (Å²) in [5.74, 6) is 1.56. The molecule has 0 bridgehead atoms. The van der Waals surface area contributed by atoms with Gasteiger partial charge in [0.05, 0.1) is 18.8 Å². The number of thioether (sulfide) groups is 1. The van der Waals surface area contributed by atoms with Gasteiger partial charge in [-0.15, -0.1) is 11.8 Å². The average Bonchev–Trinajstić information content (AvgIpc) is 3.51. The van der Waals surface area contributed by atoms with Gasteiger partial charge in [-0.1, -0.05) is 13.3 Å². The fraction of sp³-hybridized carbons (Fsp3) is 0.952. The minimum absolute atomic E-state index is 0.0541. The largest absolute Gasteiger partial charge is 0.380 e. The summed E-state index contributed by atoms with van der Waals surface area (Å²) in [6.07, 6.45) is 9.36. The molecule has 7 nitrogen and oxygen atoms in total. The molecular weight excluding hydrogens is 386 g/mol. The highest BCUT2D eigenvalue weighted by Gasteiger charge is 2.42. The third-order valence-electron chi connectivity index (χ3n) is 7.31. The summed E-state index contributed by atoms with van der Waals surface area (Å²) in [5.41, 5.74) is 6.88. The van der Waals surface area contributed by atoms with E-state index in [1.807, 2.05) is 11.8 Å². The molecule has 4 N–H and O–H groups in total. The molecule has 7 atom stereocenters. The van der Waals surface area contributed by atoms with Gasteiger partial charge in [-0.3, -0.25) is 9.69 Å². The maximum absolute atomic E-state index is 13.0. The van der Waals surface area contributed by atoms with Crippen molar-refractivity contribution in [2.24, 2.45) is 11.8 Å². The molecule has 166 valence electrons. The van der Waals surface area contributed by atoms with E-state index in [-0.39, 0.29) is 18.1 Å². The molecule has 2 aliphatic heterocycles. The molecule has 2 heterocycles. The highest BCUT2D eigenvalue weighted by molar-refractivity contribution is 8.00. The van der Waals surface area contributed by atoms with Crippen molar-refractivity contribution < 1.29 is 9.53 Å². The van der Waals surface area contributed by atoms with E-state index in [1.165, 1.54) is 25.7 Å². The summed E-state index contributed by atoms with van der Waals surface area (Å²) in [4.78, 5) is 15.3. The number of rotatable bonds is 7. The van der Waals surface area contributed by atoms with Gasteiger partial charge in [0.25, 0.3) is 0 Å². The third kappa shape index (κ3) is 5.46. The lowest BCUT2D eigenvalue weighted by molar-refractivity contribution is -0.126. The number of hydrazine groups is 1. The molecule has 2 saturated heterocycles. The zero-order valence-electron chi connectivity index (χ0n) is 18.2. The average molecular weight is 426 g/mol. The fourth-order valence-electron chi connectivity index (χ4n) is 5.29.